The Balaban J connectivity index is 2.43. The summed E-state index contributed by atoms with van der Waals surface area (Å²) in [6.45, 7) is 12.8. The maximum Gasteiger partial charge on any atom is 0.0500 e. The number of hydrogen-bond donors (Lipinski definition) is 0. The second-order valence-electron chi connectivity index (χ2n) is 6.13. The molecule has 0 amide bonds. The van der Waals surface area contributed by atoms with Crippen LogP contribution in [0.2, 0.25) is 0 Å². The third-order valence-electron chi connectivity index (χ3n) is 4.15. The van der Waals surface area contributed by atoms with Gasteiger partial charge in [-0.1, -0.05) is 27.7 Å². The van der Waals surface area contributed by atoms with Gasteiger partial charge in [-0.3, -0.25) is 0 Å². The third-order valence-corrected chi connectivity index (χ3v) is 4.15. The first-order valence-corrected chi connectivity index (χ1v) is 7.84. The molecule has 2 nitrogen and oxygen atoms in total. The summed E-state index contributed by atoms with van der Waals surface area (Å²) in [5.74, 6) is 3.02. The summed E-state index contributed by atoms with van der Waals surface area (Å²) in [5, 5.41) is 0. The molecular weight excluding hydrogens is 224 g/mol. The summed E-state index contributed by atoms with van der Waals surface area (Å²) >= 11 is 0. The molecule has 1 rings (SSSR count). The van der Waals surface area contributed by atoms with Crippen molar-refractivity contribution >= 4 is 0 Å². The number of hydrogen-bond acceptors (Lipinski definition) is 2. The van der Waals surface area contributed by atoms with Gasteiger partial charge in [0.15, 0.2) is 0 Å². The molecule has 0 aromatic carbocycles. The highest BCUT2D eigenvalue weighted by Gasteiger charge is 2.33. The summed E-state index contributed by atoms with van der Waals surface area (Å²) in [6.07, 6.45) is 4.90. The van der Waals surface area contributed by atoms with Crippen LogP contribution in [0.1, 0.15) is 53.4 Å². The van der Waals surface area contributed by atoms with E-state index in [4.69, 9.17) is 9.47 Å². The molecule has 1 aliphatic rings. The summed E-state index contributed by atoms with van der Waals surface area (Å²) in [4.78, 5) is 0. The first-order valence-electron chi connectivity index (χ1n) is 7.84. The molecule has 4 atom stereocenters. The molecule has 0 aliphatic heterocycles. The molecule has 0 spiro atoms. The normalized spacial score (nSPS) is 32.7. The molecule has 0 N–H and O–H groups in total. The highest BCUT2D eigenvalue weighted by molar-refractivity contribution is 4.83. The third kappa shape index (κ3) is 5.27. The van der Waals surface area contributed by atoms with Crippen LogP contribution in [0.4, 0.5) is 0 Å². The van der Waals surface area contributed by atoms with E-state index in [1.54, 1.807) is 0 Å². The molecule has 0 aromatic rings. The molecule has 1 saturated carbocycles. The van der Waals surface area contributed by atoms with E-state index < -0.39 is 0 Å². The van der Waals surface area contributed by atoms with Gasteiger partial charge in [-0.15, -0.1) is 0 Å². The summed E-state index contributed by atoms with van der Waals surface area (Å²) in [5.41, 5.74) is 0. The van der Waals surface area contributed by atoms with Crippen molar-refractivity contribution in [1.29, 1.82) is 0 Å². The van der Waals surface area contributed by atoms with Crippen LogP contribution in [0.25, 0.3) is 0 Å². The van der Waals surface area contributed by atoms with Gasteiger partial charge in [0.25, 0.3) is 0 Å². The van der Waals surface area contributed by atoms with E-state index in [-0.39, 0.29) is 0 Å². The molecule has 4 unspecified atom stereocenters. The first-order chi connectivity index (χ1) is 8.69. The lowest BCUT2D eigenvalue weighted by Gasteiger charge is -2.39. The predicted molar refractivity (Wildman–Crippen MR) is 76.8 cm³/mol. The van der Waals surface area contributed by atoms with Crippen molar-refractivity contribution in [2.24, 2.45) is 23.7 Å². The van der Waals surface area contributed by atoms with Gasteiger partial charge in [-0.25, -0.2) is 0 Å². The number of rotatable bonds is 8. The summed E-state index contributed by atoms with van der Waals surface area (Å²) in [6, 6.07) is 0. The molecule has 0 bridgehead atoms. The maximum absolute atomic E-state index is 5.81. The van der Waals surface area contributed by atoms with E-state index in [0.717, 1.165) is 51.1 Å². The fourth-order valence-electron chi connectivity index (χ4n) is 3.30. The van der Waals surface area contributed by atoms with Crippen molar-refractivity contribution < 1.29 is 9.47 Å². The van der Waals surface area contributed by atoms with Crippen LogP contribution < -0.4 is 0 Å². The van der Waals surface area contributed by atoms with Crippen molar-refractivity contribution in [3.05, 3.63) is 0 Å². The Morgan fingerprint density at radius 2 is 1.50 bits per heavy atom. The minimum atomic E-state index is 0.699. The zero-order chi connectivity index (χ0) is 13.4. The molecule has 0 heterocycles. The van der Waals surface area contributed by atoms with Crippen molar-refractivity contribution in [3.63, 3.8) is 0 Å². The minimum Gasteiger partial charge on any atom is -0.381 e. The van der Waals surface area contributed by atoms with Crippen LogP contribution in [-0.2, 0) is 9.47 Å². The van der Waals surface area contributed by atoms with Crippen LogP contribution in [0, 0.1) is 23.7 Å². The lowest BCUT2D eigenvalue weighted by molar-refractivity contribution is -0.0190. The number of ether oxygens (including phenoxy) is 2. The van der Waals surface area contributed by atoms with Crippen LogP contribution >= 0.6 is 0 Å². The average Bonchev–Trinajstić information content (AvgIpc) is 2.32. The molecule has 2 heteroatoms. The molecule has 1 fully saturated rings. The second-order valence-corrected chi connectivity index (χ2v) is 6.13. The summed E-state index contributed by atoms with van der Waals surface area (Å²) in [7, 11) is 0. The van der Waals surface area contributed by atoms with Gasteiger partial charge >= 0.3 is 0 Å². The Hall–Kier alpha value is -0.0800. The minimum absolute atomic E-state index is 0.699. The van der Waals surface area contributed by atoms with Crippen molar-refractivity contribution in [1.82, 2.24) is 0 Å². The zero-order valence-electron chi connectivity index (χ0n) is 12.8. The SMILES string of the molecule is CCCOCC1CC(C)CC(C)C1COCCC. The van der Waals surface area contributed by atoms with Crippen molar-refractivity contribution in [3.8, 4) is 0 Å². The molecule has 18 heavy (non-hydrogen) atoms. The molecule has 0 aromatic heterocycles. The average molecular weight is 256 g/mol. The Morgan fingerprint density at radius 3 is 2.11 bits per heavy atom. The Labute approximate surface area is 113 Å². The zero-order valence-corrected chi connectivity index (χ0v) is 12.8. The molecule has 108 valence electrons. The highest BCUT2D eigenvalue weighted by Crippen LogP contribution is 2.38. The first kappa shape index (κ1) is 16.0. The maximum atomic E-state index is 5.81. The van der Waals surface area contributed by atoms with Crippen molar-refractivity contribution in [2.45, 2.75) is 53.4 Å². The predicted octanol–water partition coefficient (Wildman–Crippen LogP) is 4.14. The van der Waals surface area contributed by atoms with Gasteiger partial charge in [0.05, 0.1) is 0 Å². The Morgan fingerprint density at radius 1 is 0.889 bits per heavy atom. The molecular formula is C16H32O2. The fraction of sp³-hybridized carbons (Fsp3) is 1.00. The fourth-order valence-corrected chi connectivity index (χ4v) is 3.30. The van der Waals surface area contributed by atoms with Crippen LogP contribution in [0.3, 0.4) is 0 Å². The van der Waals surface area contributed by atoms with E-state index in [0.29, 0.717) is 11.8 Å². The quantitative estimate of drug-likeness (QED) is 0.608. The largest absolute Gasteiger partial charge is 0.381 e. The van der Waals surface area contributed by atoms with E-state index in [9.17, 15) is 0 Å². The van der Waals surface area contributed by atoms with Gasteiger partial charge < -0.3 is 9.47 Å². The molecule has 0 radical (unpaired) electrons. The van der Waals surface area contributed by atoms with Gasteiger partial charge in [0.1, 0.15) is 0 Å². The van der Waals surface area contributed by atoms with Crippen LogP contribution in [-0.4, -0.2) is 26.4 Å². The van der Waals surface area contributed by atoms with Gasteiger partial charge in [0, 0.05) is 26.4 Å². The lowest BCUT2D eigenvalue weighted by atomic mass is 9.69. The lowest BCUT2D eigenvalue weighted by Crippen LogP contribution is -2.36. The smallest absolute Gasteiger partial charge is 0.0500 e. The van der Waals surface area contributed by atoms with Gasteiger partial charge in [-0.2, -0.15) is 0 Å². The Kier molecular flexibility index (Phi) is 7.92. The van der Waals surface area contributed by atoms with Crippen LogP contribution in [0.15, 0.2) is 0 Å². The van der Waals surface area contributed by atoms with Crippen LogP contribution in [0.5, 0.6) is 0 Å². The second kappa shape index (κ2) is 8.92. The van der Waals surface area contributed by atoms with E-state index in [2.05, 4.69) is 27.7 Å². The molecule has 1 aliphatic carbocycles. The van der Waals surface area contributed by atoms with Gasteiger partial charge in [0.2, 0.25) is 0 Å². The van der Waals surface area contributed by atoms with E-state index in [1.165, 1.54) is 12.8 Å². The van der Waals surface area contributed by atoms with E-state index in [1.807, 2.05) is 0 Å². The standard InChI is InChI=1S/C16H32O2/c1-5-7-17-11-15-10-13(3)9-14(4)16(15)12-18-8-6-2/h13-16H,5-12H2,1-4H3. The summed E-state index contributed by atoms with van der Waals surface area (Å²) < 4.78 is 11.6. The molecule has 0 saturated heterocycles. The highest BCUT2D eigenvalue weighted by atomic mass is 16.5. The monoisotopic (exact) mass is 256 g/mol. The van der Waals surface area contributed by atoms with Crippen molar-refractivity contribution in [2.75, 3.05) is 26.4 Å². The topological polar surface area (TPSA) is 18.5 Å². The van der Waals surface area contributed by atoms with E-state index >= 15 is 0 Å². The Bertz CT molecular complexity index is 205. The van der Waals surface area contributed by atoms with Gasteiger partial charge in [-0.05, 0) is 49.4 Å².